The lowest BCUT2D eigenvalue weighted by molar-refractivity contribution is -0.120. The number of anilines is 1. The predicted molar refractivity (Wildman–Crippen MR) is 88.9 cm³/mol. The summed E-state index contributed by atoms with van der Waals surface area (Å²) in [4.78, 5) is 24.2. The van der Waals surface area contributed by atoms with E-state index in [1.165, 1.54) is 6.42 Å². The average Bonchev–Trinajstić information content (AvgIpc) is 2.47. The maximum Gasteiger partial charge on any atom is 0.251 e. The van der Waals surface area contributed by atoms with Crippen molar-refractivity contribution in [2.45, 2.75) is 58.4 Å². The van der Waals surface area contributed by atoms with Crippen molar-refractivity contribution in [2.24, 2.45) is 5.92 Å². The topological polar surface area (TPSA) is 58.2 Å². The maximum atomic E-state index is 12.2. The van der Waals surface area contributed by atoms with Crippen molar-refractivity contribution in [3.05, 3.63) is 29.8 Å². The fourth-order valence-electron chi connectivity index (χ4n) is 2.73. The second kappa shape index (κ2) is 6.95. The van der Waals surface area contributed by atoms with Crippen LogP contribution >= 0.6 is 0 Å². The van der Waals surface area contributed by atoms with E-state index in [0.29, 0.717) is 5.56 Å². The Hall–Kier alpha value is -1.84. The Kier molecular flexibility index (Phi) is 5.22. The van der Waals surface area contributed by atoms with E-state index in [1.807, 2.05) is 20.8 Å². The van der Waals surface area contributed by atoms with Gasteiger partial charge in [-0.15, -0.1) is 0 Å². The van der Waals surface area contributed by atoms with Crippen molar-refractivity contribution in [2.75, 3.05) is 5.32 Å². The number of rotatable bonds is 3. The molecular formula is C18H26N2O2. The van der Waals surface area contributed by atoms with Gasteiger partial charge in [0.05, 0.1) is 0 Å². The zero-order valence-corrected chi connectivity index (χ0v) is 13.7. The van der Waals surface area contributed by atoms with Gasteiger partial charge in [-0.1, -0.05) is 19.3 Å². The first-order valence-corrected chi connectivity index (χ1v) is 8.08. The third-order valence-corrected chi connectivity index (χ3v) is 3.88. The van der Waals surface area contributed by atoms with Gasteiger partial charge in [0.1, 0.15) is 0 Å². The molecule has 120 valence electrons. The number of carbonyl (C=O) groups excluding carboxylic acids is 2. The van der Waals surface area contributed by atoms with Crippen LogP contribution in [0.5, 0.6) is 0 Å². The molecule has 0 unspecified atom stereocenters. The zero-order valence-electron chi connectivity index (χ0n) is 13.7. The largest absolute Gasteiger partial charge is 0.347 e. The first-order chi connectivity index (χ1) is 10.3. The first kappa shape index (κ1) is 16.5. The van der Waals surface area contributed by atoms with Gasteiger partial charge in [-0.25, -0.2) is 0 Å². The molecule has 1 aliphatic rings. The van der Waals surface area contributed by atoms with Crippen LogP contribution in [0.15, 0.2) is 24.3 Å². The molecule has 1 aromatic rings. The summed E-state index contributed by atoms with van der Waals surface area (Å²) in [7, 11) is 0. The lowest BCUT2D eigenvalue weighted by Gasteiger charge is -2.21. The van der Waals surface area contributed by atoms with E-state index in [4.69, 9.17) is 0 Å². The van der Waals surface area contributed by atoms with E-state index in [9.17, 15) is 9.59 Å². The van der Waals surface area contributed by atoms with Crippen LogP contribution in [0, 0.1) is 5.92 Å². The number of amides is 2. The molecular weight excluding hydrogens is 276 g/mol. The highest BCUT2D eigenvalue weighted by molar-refractivity contribution is 5.96. The molecule has 0 aliphatic heterocycles. The standard InChI is InChI=1S/C18H26N2O2/c1-18(2,3)20-17(22)14-9-11-15(12-10-14)19-16(21)13-7-5-4-6-8-13/h9-13H,4-8H2,1-3H3,(H,19,21)(H,20,22). The van der Waals surface area contributed by atoms with Gasteiger partial charge in [-0.3, -0.25) is 9.59 Å². The van der Waals surface area contributed by atoms with Crippen molar-refractivity contribution in [1.82, 2.24) is 5.32 Å². The molecule has 2 N–H and O–H groups in total. The van der Waals surface area contributed by atoms with E-state index >= 15 is 0 Å². The van der Waals surface area contributed by atoms with Crippen LogP contribution < -0.4 is 10.6 Å². The van der Waals surface area contributed by atoms with Gasteiger partial charge < -0.3 is 10.6 Å². The summed E-state index contributed by atoms with van der Waals surface area (Å²) in [6, 6.07) is 7.08. The SMILES string of the molecule is CC(C)(C)NC(=O)c1ccc(NC(=O)C2CCCCC2)cc1. The maximum absolute atomic E-state index is 12.2. The van der Waals surface area contributed by atoms with E-state index in [0.717, 1.165) is 31.4 Å². The highest BCUT2D eigenvalue weighted by atomic mass is 16.2. The van der Waals surface area contributed by atoms with Gasteiger partial charge in [0.15, 0.2) is 0 Å². The summed E-state index contributed by atoms with van der Waals surface area (Å²) >= 11 is 0. The fourth-order valence-corrected chi connectivity index (χ4v) is 2.73. The molecule has 0 bridgehead atoms. The fraction of sp³-hybridized carbons (Fsp3) is 0.556. The summed E-state index contributed by atoms with van der Waals surface area (Å²) in [5, 5.41) is 5.88. The molecule has 0 aromatic heterocycles. The van der Waals surface area contributed by atoms with Gasteiger partial charge in [0, 0.05) is 22.7 Å². The molecule has 22 heavy (non-hydrogen) atoms. The van der Waals surface area contributed by atoms with E-state index in [1.54, 1.807) is 24.3 Å². The van der Waals surface area contributed by atoms with Gasteiger partial charge in [0.25, 0.3) is 5.91 Å². The molecule has 1 saturated carbocycles. The van der Waals surface area contributed by atoms with Crippen LogP contribution in [0.2, 0.25) is 0 Å². The minimum atomic E-state index is -0.259. The van der Waals surface area contributed by atoms with Crippen LogP contribution in [-0.2, 0) is 4.79 Å². The Bertz CT molecular complexity index is 523. The first-order valence-electron chi connectivity index (χ1n) is 8.08. The second-order valence-corrected chi connectivity index (χ2v) is 7.11. The minimum absolute atomic E-state index is 0.0994. The van der Waals surface area contributed by atoms with Crippen molar-refractivity contribution in [3.63, 3.8) is 0 Å². The molecule has 0 radical (unpaired) electrons. The average molecular weight is 302 g/mol. The van der Waals surface area contributed by atoms with E-state index in [2.05, 4.69) is 10.6 Å². The summed E-state index contributed by atoms with van der Waals surface area (Å²) in [5.74, 6) is 0.141. The molecule has 4 heteroatoms. The predicted octanol–water partition coefficient (Wildman–Crippen LogP) is 3.73. The van der Waals surface area contributed by atoms with Crippen molar-refractivity contribution in [1.29, 1.82) is 0 Å². The molecule has 0 heterocycles. The summed E-state index contributed by atoms with van der Waals surface area (Å²) in [6.07, 6.45) is 5.49. The molecule has 0 atom stereocenters. The van der Waals surface area contributed by atoms with Gasteiger partial charge in [-0.2, -0.15) is 0 Å². The third-order valence-electron chi connectivity index (χ3n) is 3.88. The zero-order chi connectivity index (χ0) is 16.2. The number of hydrogen-bond acceptors (Lipinski definition) is 2. The van der Waals surface area contributed by atoms with Crippen LogP contribution in [0.1, 0.15) is 63.2 Å². The quantitative estimate of drug-likeness (QED) is 0.893. The molecule has 2 rings (SSSR count). The molecule has 4 nitrogen and oxygen atoms in total. The summed E-state index contributed by atoms with van der Waals surface area (Å²) in [5.41, 5.74) is 1.10. The van der Waals surface area contributed by atoms with Crippen molar-refractivity contribution < 1.29 is 9.59 Å². The number of benzene rings is 1. The Morgan fingerprint density at radius 2 is 1.59 bits per heavy atom. The minimum Gasteiger partial charge on any atom is -0.347 e. The van der Waals surface area contributed by atoms with Crippen LogP contribution in [0.25, 0.3) is 0 Å². The van der Waals surface area contributed by atoms with E-state index in [-0.39, 0.29) is 23.3 Å². The number of carbonyl (C=O) groups is 2. The summed E-state index contributed by atoms with van der Waals surface area (Å²) < 4.78 is 0. The molecule has 1 fully saturated rings. The van der Waals surface area contributed by atoms with Gasteiger partial charge in [0.2, 0.25) is 5.91 Å². The van der Waals surface area contributed by atoms with Crippen LogP contribution in [0.3, 0.4) is 0 Å². The highest BCUT2D eigenvalue weighted by Gasteiger charge is 2.21. The molecule has 1 aromatic carbocycles. The Labute approximate surface area is 132 Å². The molecule has 0 spiro atoms. The Morgan fingerprint density at radius 3 is 2.14 bits per heavy atom. The molecule has 2 amide bonds. The lowest BCUT2D eigenvalue weighted by Crippen LogP contribution is -2.40. The summed E-state index contributed by atoms with van der Waals surface area (Å²) in [6.45, 7) is 5.84. The highest BCUT2D eigenvalue weighted by Crippen LogP contribution is 2.25. The second-order valence-electron chi connectivity index (χ2n) is 7.11. The number of nitrogens with one attached hydrogen (secondary N) is 2. The molecule has 1 aliphatic carbocycles. The van der Waals surface area contributed by atoms with Crippen molar-refractivity contribution in [3.8, 4) is 0 Å². The van der Waals surface area contributed by atoms with E-state index < -0.39 is 0 Å². The van der Waals surface area contributed by atoms with Gasteiger partial charge >= 0.3 is 0 Å². The number of hydrogen-bond donors (Lipinski definition) is 2. The van der Waals surface area contributed by atoms with Crippen LogP contribution in [-0.4, -0.2) is 17.4 Å². The monoisotopic (exact) mass is 302 g/mol. The van der Waals surface area contributed by atoms with Gasteiger partial charge in [-0.05, 0) is 57.9 Å². The molecule has 0 saturated heterocycles. The Balaban J connectivity index is 1.94. The van der Waals surface area contributed by atoms with Crippen LogP contribution in [0.4, 0.5) is 5.69 Å². The third kappa shape index (κ3) is 4.86. The smallest absolute Gasteiger partial charge is 0.251 e. The Morgan fingerprint density at radius 1 is 1.00 bits per heavy atom. The normalized spacial score (nSPS) is 16.1. The van der Waals surface area contributed by atoms with Crippen molar-refractivity contribution >= 4 is 17.5 Å². The lowest BCUT2D eigenvalue weighted by atomic mass is 9.88.